The highest BCUT2D eigenvalue weighted by Crippen LogP contribution is 2.17. The number of esters is 1. The van der Waals surface area contributed by atoms with Crippen LogP contribution < -0.4 is 4.74 Å². The zero-order valence-electron chi connectivity index (χ0n) is 12.2. The van der Waals surface area contributed by atoms with Crippen molar-refractivity contribution in [1.29, 1.82) is 0 Å². The summed E-state index contributed by atoms with van der Waals surface area (Å²) < 4.78 is 10.4. The van der Waals surface area contributed by atoms with Crippen molar-refractivity contribution >= 4 is 5.97 Å². The Morgan fingerprint density at radius 2 is 1.77 bits per heavy atom. The second-order valence-electron chi connectivity index (χ2n) is 4.85. The van der Waals surface area contributed by atoms with E-state index in [1.165, 1.54) is 12.1 Å². The Hall–Kier alpha value is -2.53. The molecule has 0 bridgehead atoms. The number of hydrogen-bond donors (Lipinski definition) is 2. The van der Waals surface area contributed by atoms with E-state index in [1.807, 2.05) is 25.1 Å². The molecule has 1 atom stereocenters. The van der Waals surface area contributed by atoms with Gasteiger partial charge in [0.05, 0.1) is 0 Å². The number of ether oxygens (including phenoxy) is 2. The maximum absolute atomic E-state index is 11.8. The number of aromatic hydroxyl groups is 1. The standard InChI is InChI=1S/C17H18O5/c1-12-6-2-5-9-16(12)21-10-13(18)11-22-17(20)14-7-3-4-8-15(14)19/h2-9,13,18-19H,10-11H2,1H3/t13-/m1/s1. The average Bonchev–Trinajstić information content (AvgIpc) is 2.52. The van der Waals surface area contributed by atoms with Crippen molar-refractivity contribution in [2.45, 2.75) is 13.0 Å². The number of hydrogen-bond acceptors (Lipinski definition) is 5. The van der Waals surface area contributed by atoms with Gasteiger partial charge in [-0.1, -0.05) is 30.3 Å². The number of benzene rings is 2. The third-order valence-corrected chi connectivity index (χ3v) is 3.06. The average molecular weight is 302 g/mol. The van der Waals surface area contributed by atoms with Crippen LogP contribution in [0.4, 0.5) is 0 Å². The Labute approximate surface area is 128 Å². The van der Waals surface area contributed by atoms with Gasteiger partial charge in [-0.2, -0.15) is 0 Å². The van der Waals surface area contributed by atoms with Gasteiger partial charge in [0.2, 0.25) is 0 Å². The number of carbonyl (C=O) groups excluding carboxylic acids is 1. The number of aliphatic hydroxyl groups is 1. The van der Waals surface area contributed by atoms with E-state index in [1.54, 1.807) is 18.2 Å². The number of carbonyl (C=O) groups is 1. The molecule has 22 heavy (non-hydrogen) atoms. The molecule has 2 N–H and O–H groups in total. The summed E-state index contributed by atoms with van der Waals surface area (Å²) in [5.41, 5.74) is 1.02. The minimum absolute atomic E-state index is 0.0128. The third-order valence-electron chi connectivity index (χ3n) is 3.06. The lowest BCUT2D eigenvalue weighted by molar-refractivity contribution is 0.0127. The molecule has 116 valence electrons. The lowest BCUT2D eigenvalue weighted by Gasteiger charge is -2.14. The summed E-state index contributed by atoms with van der Waals surface area (Å²) in [5, 5.41) is 19.3. The van der Waals surface area contributed by atoms with Crippen molar-refractivity contribution in [3.8, 4) is 11.5 Å². The molecule has 0 fully saturated rings. The molecule has 0 aliphatic rings. The Bertz CT molecular complexity index is 638. The van der Waals surface area contributed by atoms with Gasteiger partial charge in [-0.25, -0.2) is 4.79 Å². The zero-order chi connectivity index (χ0) is 15.9. The van der Waals surface area contributed by atoms with Crippen LogP contribution in [0.1, 0.15) is 15.9 Å². The van der Waals surface area contributed by atoms with Crippen molar-refractivity contribution in [2.75, 3.05) is 13.2 Å². The first-order valence-corrected chi connectivity index (χ1v) is 6.89. The van der Waals surface area contributed by atoms with E-state index in [9.17, 15) is 15.0 Å². The predicted octanol–water partition coefficient (Wildman–Crippen LogP) is 2.30. The Morgan fingerprint density at radius 1 is 1.09 bits per heavy atom. The summed E-state index contributed by atoms with van der Waals surface area (Å²) in [6.07, 6.45) is -0.950. The maximum Gasteiger partial charge on any atom is 0.342 e. The molecule has 0 spiro atoms. The van der Waals surface area contributed by atoms with Gasteiger partial charge in [-0.3, -0.25) is 0 Å². The first-order chi connectivity index (χ1) is 10.6. The summed E-state index contributed by atoms with van der Waals surface area (Å²) in [6.45, 7) is 1.71. The quantitative estimate of drug-likeness (QED) is 0.801. The molecular weight excluding hydrogens is 284 g/mol. The van der Waals surface area contributed by atoms with Crippen LogP contribution in [0.15, 0.2) is 48.5 Å². The first-order valence-electron chi connectivity index (χ1n) is 6.89. The second-order valence-corrected chi connectivity index (χ2v) is 4.85. The molecule has 2 rings (SSSR count). The number of phenols is 1. The van der Waals surface area contributed by atoms with Gasteiger partial charge in [0.25, 0.3) is 0 Å². The third kappa shape index (κ3) is 4.23. The molecule has 0 unspecified atom stereocenters. The Morgan fingerprint density at radius 3 is 2.50 bits per heavy atom. The molecule has 2 aromatic carbocycles. The van der Waals surface area contributed by atoms with E-state index in [0.717, 1.165) is 5.56 Å². The van der Waals surface area contributed by atoms with Crippen molar-refractivity contribution in [3.05, 3.63) is 59.7 Å². The molecule has 5 heteroatoms. The molecule has 0 aliphatic heterocycles. The van der Waals surface area contributed by atoms with Crippen LogP contribution in [0.5, 0.6) is 11.5 Å². The Kier molecular flexibility index (Phi) is 5.38. The fourth-order valence-corrected chi connectivity index (χ4v) is 1.85. The van der Waals surface area contributed by atoms with Crippen molar-refractivity contribution in [2.24, 2.45) is 0 Å². The van der Waals surface area contributed by atoms with E-state index < -0.39 is 12.1 Å². The normalized spacial score (nSPS) is 11.7. The van der Waals surface area contributed by atoms with E-state index in [4.69, 9.17) is 9.47 Å². The molecule has 0 aliphatic carbocycles. The number of rotatable bonds is 6. The Balaban J connectivity index is 1.81. The summed E-state index contributed by atoms with van der Waals surface area (Å²) in [6, 6.07) is 13.5. The van der Waals surface area contributed by atoms with Gasteiger partial charge in [0.1, 0.15) is 36.4 Å². The number of aliphatic hydroxyl groups excluding tert-OH is 1. The van der Waals surface area contributed by atoms with Crippen LogP contribution in [-0.2, 0) is 4.74 Å². The van der Waals surface area contributed by atoms with Crippen molar-refractivity contribution in [3.63, 3.8) is 0 Å². The molecule has 0 heterocycles. The van der Waals surface area contributed by atoms with Crippen molar-refractivity contribution in [1.82, 2.24) is 0 Å². The minimum atomic E-state index is -0.950. The van der Waals surface area contributed by atoms with Crippen LogP contribution in [0.25, 0.3) is 0 Å². The molecule has 0 saturated heterocycles. The summed E-state index contributed by atoms with van der Waals surface area (Å²) in [4.78, 5) is 11.8. The fraction of sp³-hybridized carbons (Fsp3) is 0.235. The first kappa shape index (κ1) is 15.9. The molecule has 0 saturated carbocycles. The number of aryl methyl sites for hydroxylation is 1. The summed E-state index contributed by atoms with van der Waals surface area (Å²) in [7, 11) is 0. The topological polar surface area (TPSA) is 76.0 Å². The van der Waals surface area contributed by atoms with Gasteiger partial charge < -0.3 is 19.7 Å². The SMILES string of the molecule is Cc1ccccc1OC[C@@H](O)COC(=O)c1ccccc1O. The lowest BCUT2D eigenvalue weighted by atomic mass is 10.2. The van der Waals surface area contributed by atoms with E-state index in [2.05, 4.69) is 0 Å². The van der Waals surface area contributed by atoms with Gasteiger partial charge in [-0.15, -0.1) is 0 Å². The molecule has 0 radical (unpaired) electrons. The largest absolute Gasteiger partial charge is 0.507 e. The van der Waals surface area contributed by atoms with Gasteiger partial charge in [0, 0.05) is 0 Å². The smallest absolute Gasteiger partial charge is 0.342 e. The van der Waals surface area contributed by atoms with Gasteiger partial charge in [0.15, 0.2) is 0 Å². The van der Waals surface area contributed by atoms with Crippen LogP contribution >= 0.6 is 0 Å². The van der Waals surface area contributed by atoms with Crippen LogP contribution in [0.2, 0.25) is 0 Å². The predicted molar refractivity (Wildman–Crippen MR) is 81.1 cm³/mol. The molecule has 5 nitrogen and oxygen atoms in total. The minimum Gasteiger partial charge on any atom is -0.507 e. The molecular formula is C17H18O5. The number of para-hydroxylation sites is 2. The monoisotopic (exact) mass is 302 g/mol. The highest BCUT2D eigenvalue weighted by Gasteiger charge is 2.14. The summed E-state index contributed by atoms with van der Waals surface area (Å²) in [5.74, 6) is -0.167. The van der Waals surface area contributed by atoms with Gasteiger partial charge >= 0.3 is 5.97 Å². The maximum atomic E-state index is 11.8. The van der Waals surface area contributed by atoms with Crippen LogP contribution in [-0.4, -0.2) is 35.5 Å². The van der Waals surface area contributed by atoms with Crippen LogP contribution in [0.3, 0.4) is 0 Å². The van der Waals surface area contributed by atoms with E-state index in [0.29, 0.717) is 5.75 Å². The zero-order valence-corrected chi connectivity index (χ0v) is 12.2. The highest BCUT2D eigenvalue weighted by atomic mass is 16.5. The number of phenolic OH excluding ortho intramolecular Hbond substituents is 1. The van der Waals surface area contributed by atoms with E-state index >= 15 is 0 Å². The second kappa shape index (κ2) is 7.47. The van der Waals surface area contributed by atoms with Crippen LogP contribution in [0, 0.1) is 6.92 Å². The summed E-state index contributed by atoms with van der Waals surface area (Å²) >= 11 is 0. The fourth-order valence-electron chi connectivity index (χ4n) is 1.85. The van der Waals surface area contributed by atoms with Crippen molar-refractivity contribution < 1.29 is 24.5 Å². The molecule has 2 aromatic rings. The molecule has 0 aromatic heterocycles. The van der Waals surface area contributed by atoms with Gasteiger partial charge in [-0.05, 0) is 30.7 Å². The van der Waals surface area contributed by atoms with E-state index in [-0.39, 0.29) is 24.5 Å². The molecule has 0 amide bonds. The lowest BCUT2D eigenvalue weighted by Crippen LogP contribution is -2.25. The highest BCUT2D eigenvalue weighted by molar-refractivity contribution is 5.92.